The Morgan fingerprint density at radius 2 is 2.35 bits per heavy atom. The highest BCUT2D eigenvalue weighted by Gasteiger charge is 2.04. The number of carbonyl (C=O) groups is 1. The van der Waals surface area contributed by atoms with Crippen LogP contribution in [0.15, 0.2) is 18.3 Å². The number of carbonyl (C=O) groups excluding carboxylic acids is 1. The maximum Gasteiger partial charge on any atom is 0.266 e. The molecule has 1 amide bonds. The summed E-state index contributed by atoms with van der Waals surface area (Å²) in [7, 11) is 0. The molecule has 1 rings (SSSR count). The molecule has 6 heteroatoms. The van der Waals surface area contributed by atoms with Gasteiger partial charge in [-0.25, -0.2) is 5.84 Å². The van der Waals surface area contributed by atoms with Crippen molar-refractivity contribution < 1.29 is 4.79 Å². The van der Waals surface area contributed by atoms with Gasteiger partial charge >= 0.3 is 0 Å². The molecule has 0 aromatic carbocycles. The van der Waals surface area contributed by atoms with E-state index in [1.165, 1.54) is 6.20 Å². The van der Waals surface area contributed by atoms with E-state index in [-0.39, 0.29) is 11.9 Å². The standard InChI is InChI=1S/C11H18N4OS/c1-2-9(12)6-17-7-10-4-3-8(5-14-10)11(16)15-13/h3-5,9H,2,6-7,12-13H2,1H3,(H,15,16). The minimum Gasteiger partial charge on any atom is -0.327 e. The third kappa shape index (κ3) is 4.72. The third-order valence-corrected chi connectivity index (χ3v) is 3.49. The van der Waals surface area contributed by atoms with Crippen molar-refractivity contribution in [1.29, 1.82) is 0 Å². The molecule has 1 aromatic rings. The number of thioether (sulfide) groups is 1. The summed E-state index contributed by atoms with van der Waals surface area (Å²) in [4.78, 5) is 15.4. The zero-order chi connectivity index (χ0) is 12.7. The average Bonchev–Trinajstić information content (AvgIpc) is 2.38. The molecule has 0 fully saturated rings. The first-order valence-corrected chi connectivity index (χ1v) is 6.62. The number of hydrogen-bond donors (Lipinski definition) is 3. The summed E-state index contributed by atoms with van der Waals surface area (Å²) >= 11 is 1.75. The Bertz CT molecular complexity index is 355. The second-order valence-electron chi connectivity index (χ2n) is 3.70. The number of nitrogens with zero attached hydrogens (tertiary/aromatic N) is 1. The fourth-order valence-electron chi connectivity index (χ4n) is 1.16. The topological polar surface area (TPSA) is 94.0 Å². The summed E-state index contributed by atoms with van der Waals surface area (Å²) in [6.45, 7) is 2.07. The van der Waals surface area contributed by atoms with Gasteiger partial charge in [0.05, 0.1) is 11.3 Å². The van der Waals surface area contributed by atoms with Gasteiger partial charge in [0.2, 0.25) is 0 Å². The SMILES string of the molecule is CCC(N)CSCc1ccc(C(=O)NN)cn1. The van der Waals surface area contributed by atoms with Crippen LogP contribution in [0.1, 0.15) is 29.4 Å². The van der Waals surface area contributed by atoms with Crippen LogP contribution in [0, 0.1) is 0 Å². The molecular formula is C11H18N4OS. The van der Waals surface area contributed by atoms with Gasteiger partial charge in [-0.05, 0) is 18.6 Å². The zero-order valence-corrected chi connectivity index (χ0v) is 10.7. The highest BCUT2D eigenvalue weighted by atomic mass is 32.2. The van der Waals surface area contributed by atoms with E-state index in [1.54, 1.807) is 17.8 Å². The van der Waals surface area contributed by atoms with Gasteiger partial charge in [0.1, 0.15) is 0 Å². The number of rotatable bonds is 6. The van der Waals surface area contributed by atoms with Crippen LogP contribution in [0.2, 0.25) is 0 Å². The summed E-state index contributed by atoms with van der Waals surface area (Å²) in [5.74, 6) is 6.42. The van der Waals surface area contributed by atoms with Crippen LogP contribution in [-0.4, -0.2) is 22.7 Å². The summed E-state index contributed by atoms with van der Waals surface area (Å²) in [6.07, 6.45) is 2.51. The van der Waals surface area contributed by atoms with Crippen LogP contribution in [0.4, 0.5) is 0 Å². The fraction of sp³-hybridized carbons (Fsp3) is 0.455. The number of nitrogens with one attached hydrogen (secondary N) is 1. The number of aromatic nitrogens is 1. The zero-order valence-electron chi connectivity index (χ0n) is 9.85. The minimum atomic E-state index is -0.329. The van der Waals surface area contributed by atoms with E-state index in [2.05, 4.69) is 17.3 Å². The first-order chi connectivity index (χ1) is 8.17. The van der Waals surface area contributed by atoms with E-state index < -0.39 is 0 Å². The van der Waals surface area contributed by atoms with Gasteiger partial charge in [0, 0.05) is 23.7 Å². The van der Waals surface area contributed by atoms with Crippen molar-refractivity contribution in [1.82, 2.24) is 10.4 Å². The summed E-state index contributed by atoms with van der Waals surface area (Å²) < 4.78 is 0. The predicted octanol–water partition coefficient (Wildman–Crippen LogP) is 0.656. The number of hydrazine groups is 1. The van der Waals surface area contributed by atoms with Crippen molar-refractivity contribution in [3.8, 4) is 0 Å². The van der Waals surface area contributed by atoms with Gasteiger partial charge in [-0.15, -0.1) is 0 Å². The lowest BCUT2D eigenvalue weighted by atomic mass is 10.2. The van der Waals surface area contributed by atoms with E-state index in [9.17, 15) is 4.79 Å². The third-order valence-electron chi connectivity index (χ3n) is 2.32. The molecule has 0 spiro atoms. The molecule has 0 radical (unpaired) electrons. The van der Waals surface area contributed by atoms with E-state index in [0.717, 1.165) is 23.6 Å². The first kappa shape index (κ1) is 14.0. The van der Waals surface area contributed by atoms with E-state index in [0.29, 0.717) is 5.56 Å². The summed E-state index contributed by atoms with van der Waals surface area (Å²) in [5, 5.41) is 0. The highest BCUT2D eigenvalue weighted by Crippen LogP contribution is 2.12. The molecule has 1 unspecified atom stereocenters. The molecule has 0 saturated carbocycles. The second kappa shape index (κ2) is 7.26. The molecule has 94 valence electrons. The predicted molar refractivity (Wildman–Crippen MR) is 70.3 cm³/mol. The van der Waals surface area contributed by atoms with Crippen LogP contribution in [0.3, 0.4) is 0 Å². The molecule has 1 aromatic heterocycles. The molecule has 0 aliphatic heterocycles. The average molecular weight is 254 g/mol. The summed E-state index contributed by atoms with van der Waals surface area (Å²) in [5.41, 5.74) is 9.28. The second-order valence-corrected chi connectivity index (χ2v) is 4.73. The quantitative estimate of drug-likeness (QED) is 0.394. The number of hydrogen-bond acceptors (Lipinski definition) is 5. The van der Waals surface area contributed by atoms with Gasteiger partial charge in [0.25, 0.3) is 5.91 Å². The minimum absolute atomic E-state index is 0.238. The summed E-state index contributed by atoms with van der Waals surface area (Å²) in [6, 6.07) is 3.78. The van der Waals surface area contributed by atoms with Gasteiger partial charge in [-0.2, -0.15) is 11.8 Å². The van der Waals surface area contributed by atoms with Crippen LogP contribution < -0.4 is 17.0 Å². The molecule has 0 aliphatic carbocycles. The van der Waals surface area contributed by atoms with E-state index in [4.69, 9.17) is 11.6 Å². The molecule has 1 heterocycles. The maximum atomic E-state index is 11.2. The molecule has 1 atom stereocenters. The number of pyridine rings is 1. The van der Waals surface area contributed by atoms with Crippen LogP contribution in [0.25, 0.3) is 0 Å². The Labute approximate surface area is 105 Å². The fourth-order valence-corrected chi connectivity index (χ4v) is 2.20. The van der Waals surface area contributed by atoms with Crippen molar-refractivity contribution >= 4 is 17.7 Å². The number of nitrogens with two attached hydrogens (primary N) is 2. The molecule has 0 saturated heterocycles. The lowest BCUT2D eigenvalue weighted by molar-refractivity contribution is 0.0953. The van der Waals surface area contributed by atoms with Gasteiger partial charge in [-0.3, -0.25) is 15.2 Å². The van der Waals surface area contributed by atoms with Gasteiger partial charge in [-0.1, -0.05) is 6.92 Å². The Morgan fingerprint density at radius 3 is 2.88 bits per heavy atom. The molecule has 17 heavy (non-hydrogen) atoms. The lowest BCUT2D eigenvalue weighted by Crippen LogP contribution is -2.30. The van der Waals surface area contributed by atoms with Crippen LogP contribution >= 0.6 is 11.8 Å². The van der Waals surface area contributed by atoms with Crippen molar-refractivity contribution in [3.63, 3.8) is 0 Å². The molecule has 0 bridgehead atoms. The van der Waals surface area contributed by atoms with Gasteiger partial charge < -0.3 is 5.73 Å². The Hall–Kier alpha value is -1.11. The molecular weight excluding hydrogens is 236 g/mol. The smallest absolute Gasteiger partial charge is 0.266 e. The Kier molecular flexibility index (Phi) is 5.96. The van der Waals surface area contributed by atoms with Gasteiger partial charge in [0.15, 0.2) is 0 Å². The van der Waals surface area contributed by atoms with Crippen molar-refractivity contribution in [3.05, 3.63) is 29.6 Å². The Morgan fingerprint density at radius 1 is 1.59 bits per heavy atom. The van der Waals surface area contributed by atoms with Crippen molar-refractivity contribution in [2.75, 3.05) is 5.75 Å². The maximum absolute atomic E-state index is 11.2. The van der Waals surface area contributed by atoms with E-state index >= 15 is 0 Å². The normalized spacial score (nSPS) is 12.2. The largest absolute Gasteiger partial charge is 0.327 e. The Balaban J connectivity index is 2.43. The van der Waals surface area contributed by atoms with Crippen molar-refractivity contribution in [2.45, 2.75) is 25.1 Å². The van der Waals surface area contributed by atoms with Crippen LogP contribution in [-0.2, 0) is 5.75 Å². The number of amides is 1. The molecule has 5 N–H and O–H groups in total. The lowest BCUT2D eigenvalue weighted by Gasteiger charge is -2.07. The van der Waals surface area contributed by atoms with Crippen LogP contribution in [0.5, 0.6) is 0 Å². The van der Waals surface area contributed by atoms with Crippen molar-refractivity contribution in [2.24, 2.45) is 11.6 Å². The molecule has 5 nitrogen and oxygen atoms in total. The monoisotopic (exact) mass is 254 g/mol. The first-order valence-electron chi connectivity index (χ1n) is 5.46. The van der Waals surface area contributed by atoms with E-state index in [1.807, 2.05) is 6.07 Å². The highest BCUT2D eigenvalue weighted by molar-refractivity contribution is 7.98. The number of nitrogen functional groups attached to an aromatic ring is 1. The molecule has 0 aliphatic rings.